The van der Waals surface area contributed by atoms with Crippen molar-refractivity contribution >= 4 is 29.7 Å². The number of hydrogen-bond acceptors (Lipinski definition) is 5. The molecule has 1 aromatic rings. The van der Waals surface area contributed by atoms with Gasteiger partial charge in [0, 0.05) is 17.9 Å². The van der Waals surface area contributed by atoms with E-state index in [4.69, 9.17) is 18.0 Å². The van der Waals surface area contributed by atoms with Crippen LogP contribution in [0.1, 0.15) is 18.4 Å². The molecule has 0 aliphatic carbocycles. The van der Waals surface area contributed by atoms with E-state index in [2.05, 4.69) is 5.32 Å². The van der Waals surface area contributed by atoms with Gasteiger partial charge in [-0.3, -0.25) is 4.79 Å². The average Bonchev–Trinajstić information content (AvgIpc) is 2.26. The molecule has 0 unspecified atom stereocenters. The van der Waals surface area contributed by atoms with Gasteiger partial charge >= 0.3 is 0 Å². The zero-order valence-electron chi connectivity index (χ0n) is 8.84. The minimum Gasteiger partial charge on any atom is -0.382 e. The molecule has 0 radical (unpaired) electrons. The molecule has 0 aromatic heterocycles. The van der Waals surface area contributed by atoms with Crippen LogP contribution in [0.25, 0.3) is 0 Å². The van der Waals surface area contributed by atoms with Gasteiger partial charge in [-0.25, -0.2) is 0 Å². The molecule has 0 atom stereocenters. The van der Waals surface area contributed by atoms with Gasteiger partial charge in [-0.15, -0.1) is 0 Å². The number of thioether (sulfide) groups is 1. The topological polar surface area (TPSA) is 55.1 Å². The Morgan fingerprint density at radius 2 is 2.20 bits per heavy atom. The Bertz CT molecular complexity index is 383. The molecule has 0 fully saturated rings. The van der Waals surface area contributed by atoms with Gasteiger partial charge in [-0.2, -0.15) is 11.8 Å². The molecule has 0 heterocycles. The summed E-state index contributed by atoms with van der Waals surface area (Å²) >= 11 is 6.67. The van der Waals surface area contributed by atoms with Crippen LogP contribution in [0.15, 0.2) is 4.79 Å². The van der Waals surface area contributed by atoms with Crippen LogP contribution in [-0.2, 0) is 5.75 Å². The quantitative estimate of drug-likeness (QED) is 0.564. The molecule has 0 aliphatic heterocycles. The highest BCUT2D eigenvalue weighted by molar-refractivity contribution is 7.97. The molecule has 15 heavy (non-hydrogen) atoms. The van der Waals surface area contributed by atoms with Crippen LogP contribution in [0.5, 0.6) is 0 Å². The maximum atomic E-state index is 11.4. The highest BCUT2D eigenvalue weighted by Gasteiger charge is 2.15. The van der Waals surface area contributed by atoms with Gasteiger partial charge in [0.15, 0.2) is 0 Å². The van der Waals surface area contributed by atoms with Crippen molar-refractivity contribution in [2.75, 3.05) is 24.7 Å². The van der Waals surface area contributed by atoms with Gasteiger partial charge in [0.2, 0.25) is 5.43 Å². The summed E-state index contributed by atoms with van der Waals surface area (Å²) in [5, 5.41) is 3.14. The molecule has 3 N–H and O–H groups in total. The molecule has 0 bridgehead atoms. The second kappa shape index (κ2) is 6.25. The second-order valence-corrected chi connectivity index (χ2v) is 4.64. The highest BCUT2D eigenvalue weighted by Crippen LogP contribution is 2.20. The molecule has 1 rings (SSSR count). The van der Waals surface area contributed by atoms with Crippen molar-refractivity contribution < 1.29 is 0 Å². The molecule has 0 aliphatic rings. The fraction of sp³-hybridized carbons (Fsp3) is 0.600. The maximum absolute atomic E-state index is 11.4. The first-order valence-electron chi connectivity index (χ1n) is 4.97. The number of hydrogen-bond donors (Lipinski definition) is 2. The molecule has 0 saturated carbocycles. The molecule has 84 valence electrons. The molecular weight excluding hydrogens is 228 g/mol. The van der Waals surface area contributed by atoms with Crippen LogP contribution in [-0.4, -0.2) is 19.3 Å². The summed E-state index contributed by atoms with van der Waals surface area (Å²) in [5.74, 6) is 0.823. The Balaban J connectivity index is 2.50. The third-order valence-corrected chi connectivity index (χ3v) is 3.24. The van der Waals surface area contributed by atoms with Gasteiger partial charge in [0.1, 0.15) is 0 Å². The van der Waals surface area contributed by atoms with Crippen molar-refractivity contribution in [3.63, 3.8) is 0 Å². The predicted octanol–water partition coefficient (Wildman–Crippen LogP) is 1.67. The van der Waals surface area contributed by atoms with Crippen LogP contribution in [0, 0.1) is 4.51 Å². The van der Waals surface area contributed by atoms with Crippen LogP contribution in [0.4, 0.5) is 5.69 Å². The lowest BCUT2D eigenvalue weighted by Gasteiger charge is -2.13. The van der Waals surface area contributed by atoms with Gasteiger partial charge in [-0.05, 0) is 25.6 Å². The summed E-state index contributed by atoms with van der Waals surface area (Å²) in [5.41, 5.74) is 7.12. The summed E-state index contributed by atoms with van der Waals surface area (Å²) in [6.45, 7) is 1.50. The minimum atomic E-state index is 0.00167. The van der Waals surface area contributed by atoms with Crippen LogP contribution in [0.3, 0.4) is 0 Å². The molecule has 1 aromatic carbocycles. The van der Waals surface area contributed by atoms with E-state index in [1.165, 1.54) is 0 Å². The molecule has 5 heteroatoms. The van der Waals surface area contributed by atoms with Gasteiger partial charge in [-0.1, -0.05) is 12.2 Å². The molecule has 3 nitrogen and oxygen atoms in total. The summed E-state index contributed by atoms with van der Waals surface area (Å²) in [6.07, 6.45) is 3.98. The number of anilines is 1. The summed E-state index contributed by atoms with van der Waals surface area (Å²) in [4.78, 5) is 11.4. The number of nitrogens with one attached hydrogen (secondary N) is 1. The monoisotopic (exact) mass is 244 g/mol. The van der Waals surface area contributed by atoms with Crippen molar-refractivity contribution in [2.24, 2.45) is 5.73 Å². The first kappa shape index (κ1) is 12.7. The Labute approximate surface area is 99.1 Å². The molecule has 0 spiro atoms. The fourth-order valence-corrected chi connectivity index (χ4v) is 2.34. The Kier molecular flexibility index (Phi) is 5.28. The second-order valence-electron chi connectivity index (χ2n) is 3.37. The van der Waals surface area contributed by atoms with E-state index in [-0.39, 0.29) is 5.43 Å². The first-order valence-corrected chi connectivity index (χ1v) is 6.77. The van der Waals surface area contributed by atoms with E-state index in [9.17, 15) is 4.79 Å². The van der Waals surface area contributed by atoms with E-state index >= 15 is 0 Å². The van der Waals surface area contributed by atoms with E-state index in [0.717, 1.165) is 36.4 Å². The predicted molar refractivity (Wildman–Crippen MR) is 69.9 cm³/mol. The van der Waals surface area contributed by atoms with Gasteiger partial charge in [0.05, 0.1) is 10.2 Å². The van der Waals surface area contributed by atoms with Crippen molar-refractivity contribution in [3.05, 3.63) is 20.3 Å². The Hall–Kier alpha value is -0.390. The lowest BCUT2D eigenvalue weighted by Crippen LogP contribution is -2.21. The van der Waals surface area contributed by atoms with Crippen molar-refractivity contribution in [2.45, 2.75) is 18.6 Å². The van der Waals surface area contributed by atoms with E-state index in [1.54, 1.807) is 11.8 Å². The minimum absolute atomic E-state index is 0.00167. The standard InChI is InChI=1S/C10H16N2OS2/c1-15-6-7-8(9(13)10(7)14)12-5-3-2-4-11/h12H,2-6,11H2,1H3. The molecule has 0 saturated heterocycles. The Morgan fingerprint density at radius 1 is 1.47 bits per heavy atom. The third-order valence-electron chi connectivity index (χ3n) is 2.23. The summed E-state index contributed by atoms with van der Waals surface area (Å²) < 4.78 is 0.505. The first-order chi connectivity index (χ1) is 7.22. The SMILES string of the molecule is CSCc1c(NCCCCN)c(=O)c1=S. The third kappa shape index (κ3) is 3.03. The number of unbranched alkanes of at least 4 members (excludes halogenated alkanes) is 1. The van der Waals surface area contributed by atoms with Crippen molar-refractivity contribution in [1.82, 2.24) is 0 Å². The normalized spacial score (nSPS) is 10.8. The highest BCUT2D eigenvalue weighted by atomic mass is 32.2. The van der Waals surface area contributed by atoms with Crippen LogP contribution >= 0.6 is 24.0 Å². The smallest absolute Gasteiger partial charge is 0.220 e. The maximum Gasteiger partial charge on any atom is 0.220 e. The molecular formula is C10H16N2OS2. The average molecular weight is 244 g/mol. The van der Waals surface area contributed by atoms with Crippen LogP contribution < -0.4 is 16.5 Å². The van der Waals surface area contributed by atoms with E-state index < -0.39 is 0 Å². The lowest BCUT2D eigenvalue weighted by atomic mass is 10.1. The molecule has 0 amide bonds. The van der Waals surface area contributed by atoms with E-state index in [1.807, 2.05) is 6.26 Å². The zero-order valence-corrected chi connectivity index (χ0v) is 10.5. The van der Waals surface area contributed by atoms with Crippen LogP contribution in [0.2, 0.25) is 0 Å². The van der Waals surface area contributed by atoms with Gasteiger partial charge in [0.25, 0.3) is 0 Å². The lowest BCUT2D eigenvalue weighted by molar-refractivity contribution is 0.772. The number of rotatable bonds is 7. The van der Waals surface area contributed by atoms with Crippen molar-refractivity contribution in [3.8, 4) is 0 Å². The van der Waals surface area contributed by atoms with E-state index in [0.29, 0.717) is 11.1 Å². The summed E-state index contributed by atoms with van der Waals surface area (Å²) in [6, 6.07) is 0. The Morgan fingerprint density at radius 3 is 2.80 bits per heavy atom. The largest absolute Gasteiger partial charge is 0.382 e. The van der Waals surface area contributed by atoms with Gasteiger partial charge < -0.3 is 11.1 Å². The van der Waals surface area contributed by atoms with Crippen molar-refractivity contribution in [1.29, 1.82) is 0 Å². The number of nitrogens with two attached hydrogens (primary N) is 1. The summed E-state index contributed by atoms with van der Waals surface area (Å²) in [7, 11) is 0. The zero-order chi connectivity index (χ0) is 11.3. The fourth-order valence-electron chi connectivity index (χ4n) is 1.39.